The number of rotatable bonds is 5. The van der Waals surface area contributed by atoms with Crippen LogP contribution >= 0.6 is 0 Å². The predicted molar refractivity (Wildman–Crippen MR) is 89.4 cm³/mol. The fraction of sp³-hybridized carbons (Fsp3) is 0.611. The maximum atomic E-state index is 12.3. The summed E-state index contributed by atoms with van der Waals surface area (Å²) in [5.74, 6) is 1.07. The highest BCUT2D eigenvalue weighted by atomic mass is 16.5. The number of amides is 1. The topological polar surface area (TPSA) is 41.6 Å². The van der Waals surface area contributed by atoms with Crippen molar-refractivity contribution in [3.8, 4) is 5.75 Å². The first-order valence-electron chi connectivity index (χ1n) is 8.16. The van der Waals surface area contributed by atoms with Gasteiger partial charge in [-0.2, -0.15) is 0 Å². The molecule has 1 fully saturated rings. The van der Waals surface area contributed by atoms with Gasteiger partial charge in [-0.25, -0.2) is 0 Å². The highest BCUT2D eigenvalue weighted by molar-refractivity contribution is 5.76. The molecule has 1 N–H and O–H groups in total. The molecule has 4 heteroatoms. The van der Waals surface area contributed by atoms with Gasteiger partial charge in [-0.3, -0.25) is 4.79 Å². The van der Waals surface area contributed by atoms with E-state index in [1.165, 1.54) is 11.1 Å². The van der Waals surface area contributed by atoms with Crippen LogP contribution in [-0.4, -0.2) is 43.6 Å². The van der Waals surface area contributed by atoms with Crippen LogP contribution < -0.4 is 10.1 Å². The van der Waals surface area contributed by atoms with Crippen molar-refractivity contribution in [2.24, 2.45) is 0 Å². The third-order valence-corrected chi connectivity index (χ3v) is 4.59. The van der Waals surface area contributed by atoms with Crippen molar-refractivity contribution >= 4 is 5.91 Å². The van der Waals surface area contributed by atoms with E-state index in [-0.39, 0.29) is 5.91 Å². The lowest BCUT2D eigenvalue weighted by Gasteiger charge is -2.31. The van der Waals surface area contributed by atoms with Crippen molar-refractivity contribution in [1.29, 1.82) is 0 Å². The van der Waals surface area contributed by atoms with E-state index in [2.05, 4.69) is 32.2 Å². The minimum Gasteiger partial charge on any atom is -0.493 e. The summed E-state index contributed by atoms with van der Waals surface area (Å²) in [6.45, 7) is 8.66. The molecule has 0 bridgehead atoms. The number of nitrogens with zero attached hydrogens (tertiary/aromatic N) is 1. The largest absolute Gasteiger partial charge is 0.493 e. The zero-order valence-electron chi connectivity index (χ0n) is 14.2. The van der Waals surface area contributed by atoms with Gasteiger partial charge in [-0.1, -0.05) is 6.07 Å². The van der Waals surface area contributed by atoms with E-state index in [0.29, 0.717) is 19.1 Å². The minimum atomic E-state index is 0.175. The minimum absolute atomic E-state index is 0.175. The summed E-state index contributed by atoms with van der Waals surface area (Å²) in [5.41, 5.74) is 3.58. The molecular formula is C18H28N2O2. The molecule has 4 nitrogen and oxygen atoms in total. The molecule has 0 aliphatic carbocycles. The number of aryl methyl sites for hydroxylation is 2. The van der Waals surface area contributed by atoms with Gasteiger partial charge in [0.15, 0.2) is 0 Å². The lowest BCUT2D eigenvalue weighted by Crippen LogP contribution is -2.44. The van der Waals surface area contributed by atoms with E-state index in [1.54, 1.807) is 0 Å². The molecule has 0 saturated carbocycles. The van der Waals surface area contributed by atoms with Gasteiger partial charge in [-0.15, -0.1) is 0 Å². The van der Waals surface area contributed by atoms with Crippen LogP contribution in [-0.2, 0) is 4.79 Å². The zero-order valence-corrected chi connectivity index (χ0v) is 14.2. The Morgan fingerprint density at radius 1 is 1.27 bits per heavy atom. The van der Waals surface area contributed by atoms with Crippen LogP contribution in [0.15, 0.2) is 12.1 Å². The van der Waals surface area contributed by atoms with E-state index in [4.69, 9.17) is 4.74 Å². The first-order chi connectivity index (χ1) is 10.5. The number of ether oxygens (including phenoxy) is 1. The second-order valence-electron chi connectivity index (χ2n) is 6.29. The Morgan fingerprint density at radius 2 is 1.95 bits per heavy atom. The van der Waals surface area contributed by atoms with Crippen molar-refractivity contribution in [3.63, 3.8) is 0 Å². The molecule has 1 aromatic carbocycles. The fourth-order valence-corrected chi connectivity index (χ4v) is 2.97. The lowest BCUT2D eigenvalue weighted by molar-refractivity contribution is -0.132. The molecule has 0 atom stereocenters. The molecular weight excluding hydrogens is 276 g/mol. The monoisotopic (exact) mass is 304 g/mol. The summed E-state index contributed by atoms with van der Waals surface area (Å²) in [6, 6.07) is 4.57. The number of benzene rings is 1. The molecule has 0 spiro atoms. The maximum Gasteiger partial charge on any atom is 0.225 e. The summed E-state index contributed by atoms with van der Waals surface area (Å²) in [6.07, 6.45) is 2.52. The molecule has 0 unspecified atom stereocenters. The van der Waals surface area contributed by atoms with Crippen LogP contribution in [0.3, 0.4) is 0 Å². The Hall–Kier alpha value is -1.55. The molecule has 122 valence electrons. The SMILES string of the molecule is Cc1cc(C)c(C)c(OCCC(=O)N(C)C2CCNCC2)c1. The molecule has 1 saturated heterocycles. The van der Waals surface area contributed by atoms with Crippen LogP contribution in [0.2, 0.25) is 0 Å². The molecule has 1 aromatic rings. The van der Waals surface area contributed by atoms with Crippen LogP contribution in [0.4, 0.5) is 0 Å². The fourth-order valence-electron chi connectivity index (χ4n) is 2.97. The van der Waals surface area contributed by atoms with Crippen molar-refractivity contribution in [2.75, 3.05) is 26.7 Å². The Balaban J connectivity index is 1.84. The lowest BCUT2D eigenvalue weighted by atomic mass is 10.1. The van der Waals surface area contributed by atoms with Crippen molar-refractivity contribution in [2.45, 2.75) is 46.1 Å². The number of carbonyl (C=O) groups is 1. The molecule has 2 rings (SSSR count). The number of carbonyl (C=O) groups excluding carboxylic acids is 1. The maximum absolute atomic E-state index is 12.3. The van der Waals surface area contributed by atoms with E-state index in [1.807, 2.05) is 18.0 Å². The van der Waals surface area contributed by atoms with Crippen LogP contribution in [0, 0.1) is 20.8 Å². The third-order valence-electron chi connectivity index (χ3n) is 4.59. The van der Waals surface area contributed by atoms with Crippen LogP contribution in [0.25, 0.3) is 0 Å². The normalized spacial score (nSPS) is 15.6. The molecule has 1 amide bonds. The molecule has 0 aromatic heterocycles. The Kier molecular flexibility index (Phi) is 5.83. The summed E-state index contributed by atoms with van der Waals surface area (Å²) in [5, 5.41) is 3.33. The van der Waals surface area contributed by atoms with Gasteiger partial charge in [-0.05, 0) is 69.5 Å². The first kappa shape index (κ1) is 16.8. The van der Waals surface area contributed by atoms with E-state index < -0.39 is 0 Å². The molecule has 1 heterocycles. The number of hydrogen-bond acceptors (Lipinski definition) is 3. The Bertz CT molecular complexity index is 522. The molecule has 1 aliphatic rings. The first-order valence-corrected chi connectivity index (χ1v) is 8.16. The third kappa shape index (κ3) is 4.23. The van der Waals surface area contributed by atoms with Crippen molar-refractivity contribution in [3.05, 3.63) is 28.8 Å². The van der Waals surface area contributed by atoms with E-state index in [0.717, 1.165) is 37.2 Å². The van der Waals surface area contributed by atoms with Gasteiger partial charge < -0.3 is 15.0 Å². The quantitative estimate of drug-likeness (QED) is 0.909. The summed E-state index contributed by atoms with van der Waals surface area (Å²) in [7, 11) is 1.92. The zero-order chi connectivity index (χ0) is 16.1. The van der Waals surface area contributed by atoms with Crippen LogP contribution in [0.1, 0.15) is 36.0 Å². The van der Waals surface area contributed by atoms with E-state index in [9.17, 15) is 4.79 Å². The van der Waals surface area contributed by atoms with Crippen molar-refractivity contribution in [1.82, 2.24) is 10.2 Å². The number of piperidine rings is 1. The smallest absolute Gasteiger partial charge is 0.225 e. The summed E-state index contributed by atoms with van der Waals surface area (Å²) < 4.78 is 5.85. The Morgan fingerprint density at radius 3 is 2.64 bits per heavy atom. The van der Waals surface area contributed by atoms with Gasteiger partial charge in [0.1, 0.15) is 5.75 Å². The van der Waals surface area contributed by atoms with Gasteiger partial charge in [0.05, 0.1) is 13.0 Å². The summed E-state index contributed by atoms with van der Waals surface area (Å²) in [4.78, 5) is 14.2. The van der Waals surface area contributed by atoms with Crippen molar-refractivity contribution < 1.29 is 9.53 Å². The van der Waals surface area contributed by atoms with Gasteiger partial charge >= 0.3 is 0 Å². The van der Waals surface area contributed by atoms with Gasteiger partial charge in [0.25, 0.3) is 0 Å². The summed E-state index contributed by atoms with van der Waals surface area (Å²) >= 11 is 0. The number of hydrogen-bond donors (Lipinski definition) is 1. The highest BCUT2D eigenvalue weighted by Crippen LogP contribution is 2.23. The predicted octanol–water partition coefficient (Wildman–Crippen LogP) is 2.59. The highest BCUT2D eigenvalue weighted by Gasteiger charge is 2.21. The average Bonchev–Trinajstić information content (AvgIpc) is 2.51. The Labute approximate surface area is 133 Å². The van der Waals surface area contributed by atoms with E-state index >= 15 is 0 Å². The number of nitrogens with one attached hydrogen (secondary N) is 1. The van der Waals surface area contributed by atoms with Gasteiger partial charge in [0, 0.05) is 13.1 Å². The average molecular weight is 304 g/mol. The molecule has 1 aliphatic heterocycles. The molecule has 0 radical (unpaired) electrons. The second kappa shape index (κ2) is 7.63. The molecule has 22 heavy (non-hydrogen) atoms. The van der Waals surface area contributed by atoms with Crippen LogP contribution in [0.5, 0.6) is 5.75 Å². The second-order valence-corrected chi connectivity index (χ2v) is 6.29. The standard InChI is InChI=1S/C18H28N2O2/c1-13-11-14(2)15(3)17(12-13)22-10-7-18(21)20(4)16-5-8-19-9-6-16/h11-12,16,19H,5-10H2,1-4H3. The van der Waals surface area contributed by atoms with Gasteiger partial charge in [0.2, 0.25) is 5.91 Å².